The molecular weight excluding hydrogens is 238 g/mol. The van der Waals surface area contributed by atoms with E-state index in [2.05, 4.69) is 6.07 Å². The molecule has 19 heavy (non-hydrogen) atoms. The molecule has 102 valence electrons. The summed E-state index contributed by atoms with van der Waals surface area (Å²) in [5.74, 6) is 1.50. The van der Waals surface area contributed by atoms with Crippen molar-refractivity contribution in [2.45, 2.75) is 38.1 Å². The Labute approximate surface area is 114 Å². The van der Waals surface area contributed by atoms with Crippen molar-refractivity contribution in [2.24, 2.45) is 5.92 Å². The lowest BCUT2D eigenvalue weighted by molar-refractivity contribution is -0.136. The molecule has 1 aliphatic heterocycles. The number of fused-ring (bicyclic) bond motifs is 1. The zero-order chi connectivity index (χ0) is 13.2. The maximum Gasteiger partial charge on any atom is 0.225 e. The number of amides is 1. The first-order valence-electron chi connectivity index (χ1n) is 7.26. The first-order valence-corrected chi connectivity index (χ1v) is 7.26. The van der Waals surface area contributed by atoms with Gasteiger partial charge in [-0.3, -0.25) is 4.79 Å². The van der Waals surface area contributed by atoms with Crippen LogP contribution < -0.4 is 4.74 Å². The molecule has 1 saturated carbocycles. The summed E-state index contributed by atoms with van der Waals surface area (Å²) < 4.78 is 5.67. The molecule has 3 rings (SSSR count). The van der Waals surface area contributed by atoms with E-state index in [1.54, 1.807) is 0 Å². The van der Waals surface area contributed by atoms with E-state index in [1.807, 2.05) is 30.1 Å². The first kappa shape index (κ1) is 12.5. The minimum Gasteiger partial charge on any atom is -0.493 e. The summed E-state index contributed by atoms with van der Waals surface area (Å²) in [6.07, 6.45) is 5.43. The number of carbonyl (C=O) groups excluding carboxylic acids is 1. The standard InChI is InChI=1S/C16H21NO2/c1-17(16(18)12-6-2-3-7-12)14-10-11-19-15-9-5-4-8-13(14)15/h4-5,8-9,12,14H,2-3,6-7,10-11H2,1H3. The van der Waals surface area contributed by atoms with Gasteiger partial charge in [0.05, 0.1) is 12.6 Å². The van der Waals surface area contributed by atoms with Gasteiger partial charge in [0.15, 0.2) is 0 Å². The quantitative estimate of drug-likeness (QED) is 0.816. The Hall–Kier alpha value is -1.51. The number of nitrogens with zero attached hydrogens (tertiary/aromatic N) is 1. The van der Waals surface area contributed by atoms with Crippen LogP contribution in [0.3, 0.4) is 0 Å². The normalized spacial score (nSPS) is 22.7. The van der Waals surface area contributed by atoms with Crippen molar-refractivity contribution in [3.05, 3.63) is 29.8 Å². The molecule has 1 aromatic rings. The number of ether oxygens (including phenoxy) is 1. The highest BCUT2D eigenvalue weighted by molar-refractivity contribution is 5.79. The second kappa shape index (κ2) is 5.24. The van der Waals surface area contributed by atoms with Crippen molar-refractivity contribution in [1.29, 1.82) is 0 Å². The summed E-state index contributed by atoms with van der Waals surface area (Å²) in [6.45, 7) is 0.698. The zero-order valence-corrected chi connectivity index (χ0v) is 11.5. The van der Waals surface area contributed by atoms with Crippen molar-refractivity contribution in [2.75, 3.05) is 13.7 Å². The van der Waals surface area contributed by atoms with Crippen LogP contribution in [0.5, 0.6) is 5.75 Å². The highest BCUT2D eigenvalue weighted by Crippen LogP contribution is 2.37. The Morgan fingerprint density at radius 1 is 1.21 bits per heavy atom. The van der Waals surface area contributed by atoms with E-state index in [9.17, 15) is 4.79 Å². The van der Waals surface area contributed by atoms with Crippen LogP contribution in [0.25, 0.3) is 0 Å². The third-order valence-corrected chi connectivity index (χ3v) is 4.45. The van der Waals surface area contributed by atoms with Crippen molar-refractivity contribution in [3.8, 4) is 5.75 Å². The predicted octanol–water partition coefficient (Wildman–Crippen LogP) is 3.16. The van der Waals surface area contributed by atoms with E-state index in [-0.39, 0.29) is 12.0 Å². The molecule has 1 fully saturated rings. The molecule has 3 heteroatoms. The van der Waals surface area contributed by atoms with E-state index < -0.39 is 0 Å². The molecule has 0 N–H and O–H groups in total. The fourth-order valence-electron chi connectivity index (χ4n) is 3.34. The van der Waals surface area contributed by atoms with E-state index in [0.29, 0.717) is 12.5 Å². The lowest BCUT2D eigenvalue weighted by atomic mass is 9.97. The van der Waals surface area contributed by atoms with Gasteiger partial charge in [-0.05, 0) is 18.9 Å². The van der Waals surface area contributed by atoms with Gasteiger partial charge in [0, 0.05) is 24.9 Å². The Balaban J connectivity index is 1.80. The molecule has 0 bridgehead atoms. The molecule has 1 unspecified atom stereocenters. The monoisotopic (exact) mass is 259 g/mol. The van der Waals surface area contributed by atoms with Gasteiger partial charge in [-0.1, -0.05) is 31.0 Å². The fraction of sp³-hybridized carbons (Fsp3) is 0.562. The highest BCUT2D eigenvalue weighted by atomic mass is 16.5. The number of hydrogen-bond acceptors (Lipinski definition) is 2. The summed E-state index contributed by atoms with van der Waals surface area (Å²) >= 11 is 0. The lowest BCUT2D eigenvalue weighted by Gasteiger charge is -2.34. The third-order valence-electron chi connectivity index (χ3n) is 4.45. The minimum atomic E-state index is 0.179. The van der Waals surface area contributed by atoms with Crippen molar-refractivity contribution >= 4 is 5.91 Å². The number of benzene rings is 1. The van der Waals surface area contributed by atoms with Gasteiger partial charge in [0.1, 0.15) is 5.75 Å². The molecule has 1 aromatic carbocycles. The number of para-hydroxylation sites is 1. The topological polar surface area (TPSA) is 29.5 Å². The average Bonchev–Trinajstić information content (AvgIpc) is 2.99. The molecular formula is C16H21NO2. The van der Waals surface area contributed by atoms with Crippen LogP contribution in [0.2, 0.25) is 0 Å². The van der Waals surface area contributed by atoms with E-state index in [0.717, 1.165) is 30.6 Å². The third kappa shape index (κ3) is 2.34. The largest absolute Gasteiger partial charge is 0.493 e. The number of carbonyl (C=O) groups is 1. The van der Waals surface area contributed by atoms with Gasteiger partial charge in [0.2, 0.25) is 5.91 Å². The van der Waals surface area contributed by atoms with E-state index in [4.69, 9.17) is 4.74 Å². The van der Waals surface area contributed by atoms with Gasteiger partial charge in [-0.2, -0.15) is 0 Å². The average molecular weight is 259 g/mol. The van der Waals surface area contributed by atoms with Crippen LogP contribution in [0, 0.1) is 5.92 Å². The van der Waals surface area contributed by atoms with Crippen LogP contribution >= 0.6 is 0 Å². The first-order chi connectivity index (χ1) is 9.27. The Bertz CT molecular complexity index is 466. The summed E-state index contributed by atoms with van der Waals surface area (Å²) in [7, 11) is 1.95. The molecule has 0 radical (unpaired) electrons. The van der Waals surface area contributed by atoms with Gasteiger partial charge in [0.25, 0.3) is 0 Å². The Kier molecular flexibility index (Phi) is 3.45. The minimum absolute atomic E-state index is 0.179. The predicted molar refractivity (Wildman–Crippen MR) is 74.0 cm³/mol. The van der Waals surface area contributed by atoms with E-state index in [1.165, 1.54) is 12.8 Å². The smallest absolute Gasteiger partial charge is 0.225 e. The molecule has 0 saturated heterocycles. The van der Waals surface area contributed by atoms with Crippen LogP contribution in [0.4, 0.5) is 0 Å². The molecule has 1 aliphatic carbocycles. The molecule has 1 heterocycles. The van der Waals surface area contributed by atoms with Crippen molar-refractivity contribution in [1.82, 2.24) is 4.90 Å². The molecule has 3 nitrogen and oxygen atoms in total. The van der Waals surface area contributed by atoms with Crippen molar-refractivity contribution in [3.63, 3.8) is 0 Å². The van der Waals surface area contributed by atoms with Gasteiger partial charge in [-0.25, -0.2) is 0 Å². The lowest BCUT2D eigenvalue weighted by Crippen LogP contribution is -2.37. The molecule has 0 aromatic heterocycles. The summed E-state index contributed by atoms with van der Waals surface area (Å²) in [5, 5.41) is 0. The maximum absolute atomic E-state index is 12.5. The molecule has 0 spiro atoms. The van der Waals surface area contributed by atoms with E-state index >= 15 is 0 Å². The summed E-state index contributed by atoms with van der Waals surface area (Å²) in [5.41, 5.74) is 1.16. The molecule has 1 atom stereocenters. The van der Waals surface area contributed by atoms with Gasteiger partial charge in [-0.15, -0.1) is 0 Å². The van der Waals surface area contributed by atoms with Crippen LogP contribution in [-0.4, -0.2) is 24.5 Å². The maximum atomic E-state index is 12.5. The second-order valence-corrected chi connectivity index (χ2v) is 5.62. The van der Waals surface area contributed by atoms with Gasteiger partial charge >= 0.3 is 0 Å². The molecule has 2 aliphatic rings. The van der Waals surface area contributed by atoms with Crippen LogP contribution in [-0.2, 0) is 4.79 Å². The van der Waals surface area contributed by atoms with Crippen LogP contribution in [0.15, 0.2) is 24.3 Å². The van der Waals surface area contributed by atoms with Crippen molar-refractivity contribution < 1.29 is 9.53 Å². The summed E-state index contributed by atoms with van der Waals surface area (Å²) in [4.78, 5) is 14.5. The highest BCUT2D eigenvalue weighted by Gasteiger charge is 2.32. The van der Waals surface area contributed by atoms with Crippen LogP contribution in [0.1, 0.15) is 43.7 Å². The molecule has 1 amide bonds. The Morgan fingerprint density at radius 2 is 1.95 bits per heavy atom. The van der Waals surface area contributed by atoms with Gasteiger partial charge < -0.3 is 9.64 Å². The Morgan fingerprint density at radius 3 is 2.74 bits per heavy atom. The zero-order valence-electron chi connectivity index (χ0n) is 11.5. The summed E-state index contributed by atoms with van der Waals surface area (Å²) in [6, 6.07) is 8.26. The SMILES string of the molecule is CN(C(=O)C1CCCC1)C1CCOc2ccccc21. The number of rotatable bonds is 2. The second-order valence-electron chi connectivity index (χ2n) is 5.62. The fourth-order valence-corrected chi connectivity index (χ4v) is 3.34. The number of hydrogen-bond donors (Lipinski definition) is 0.